The Morgan fingerprint density at radius 3 is 2.52 bits per heavy atom. The molecule has 0 bridgehead atoms. The number of nitrogens with zero attached hydrogens (tertiary/aromatic N) is 1. The second kappa shape index (κ2) is 7.26. The molecular formula is C15H17F3N2O. The van der Waals surface area contributed by atoms with Gasteiger partial charge in [0.15, 0.2) is 11.7 Å². The third-order valence-corrected chi connectivity index (χ3v) is 2.98. The van der Waals surface area contributed by atoms with E-state index >= 15 is 0 Å². The largest absolute Gasteiger partial charge is 0.441 e. The van der Waals surface area contributed by atoms with Crippen LogP contribution in [0.2, 0.25) is 0 Å². The third kappa shape index (κ3) is 4.07. The molecule has 6 heteroatoms. The Morgan fingerprint density at radius 1 is 1.14 bits per heavy atom. The summed E-state index contributed by atoms with van der Waals surface area (Å²) >= 11 is 0. The highest BCUT2D eigenvalue weighted by Gasteiger charge is 2.17. The fourth-order valence-corrected chi connectivity index (χ4v) is 1.99. The van der Waals surface area contributed by atoms with Crippen LogP contribution in [0.3, 0.4) is 0 Å². The van der Waals surface area contributed by atoms with Gasteiger partial charge in [-0.2, -0.15) is 0 Å². The lowest BCUT2D eigenvalue weighted by atomic mass is 10.1. The molecule has 2 rings (SSSR count). The summed E-state index contributed by atoms with van der Waals surface area (Å²) in [5.74, 6) is -2.58. The zero-order chi connectivity index (χ0) is 15.2. The van der Waals surface area contributed by atoms with Gasteiger partial charge in [-0.1, -0.05) is 6.92 Å². The lowest BCUT2D eigenvalue weighted by molar-refractivity contribution is 0.481. The molecule has 3 nitrogen and oxygen atoms in total. The van der Waals surface area contributed by atoms with E-state index in [1.165, 1.54) is 6.20 Å². The van der Waals surface area contributed by atoms with Crippen LogP contribution < -0.4 is 5.32 Å². The molecule has 1 aromatic heterocycles. The molecule has 0 saturated carbocycles. The molecule has 0 saturated heterocycles. The summed E-state index contributed by atoms with van der Waals surface area (Å²) in [5, 5.41) is 3.24. The molecule has 0 amide bonds. The van der Waals surface area contributed by atoms with Gasteiger partial charge in [-0.3, -0.25) is 0 Å². The highest BCUT2D eigenvalue weighted by atomic mass is 19.1. The number of aromatic nitrogens is 1. The molecule has 0 atom stereocenters. The summed E-state index contributed by atoms with van der Waals surface area (Å²) < 4.78 is 45.4. The molecule has 0 aliphatic rings. The van der Waals surface area contributed by atoms with Gasteiger partial charge in [0.1, 0.15) is 17.5 Å². The second-order valence-corrected chi connectivity index (χ2v) is 4.72. The minimum atomic E-state index is -1.00. The minimum absolute atomic E-state index is 0.0264. The van der Waals surface area contributed by atoms with Crippen molar-refractivity contribution in [3.05, 3.63) is 41.7 Å². The molecule has 0 aliphatic heterocycles. The molecule has 0 fully saturated rings. The van der Waals surface area contributed by atoms with Crippen molar-refractivity contribution in [1.82, 2.24) is 10.3 Å². The normalized spacial score (nSPS) is 11.0. The molecule has 0 unspecified atom stereocenters. The van der Waals surface area contributed by atoms with Gasteiger partial charge < -0.3 is 9.73 Å². The van der Waals surface area contributed by atoms with Crippen LogP contribution >= 0.6 is 0 Å². The minimum Gasteiger partial charge on any atom is -0.441 e. The maximum absolute atomic E-state index is 13.6. The first-order valence-electron chi connectivity index (χ1n) is 6.92. The molecule has 2 aromatic rings. The van der Waals surface area contributed by atoms with Crippen molar-refractivity contribution < 1.29 is 17.6 Å². The van der Waals surface area contributed by atoms with Gasteiger partial charge >= 0.3 is 0 Å². The van der Waals surface area contributed by atoms with E-state index in [9.17, 15) is 13.2 Å². The molecule has 21 heavy (non-hydrogen) atoms. The van der Waals surface area contributed by atoms with Crippen LogP contribution in [0.5, 0.6) is 0 Å². The van der Waals surface area contributed by atoms with Crippen molar-refractivity contribution in [3.63, 3.8) is 0 Å². The van der Waals surface area contributed by atoms with Crippen LogP contribution in [0.4, 0.5) is 13.2 Å². The van der Waals surface area contributed by atoms with Crippen molar-refractivity contribution in [3.8, 4) is 11.3 Å². The first-order chi connectivity index (χ1) is 10.1. The number of oxazole rings is 1. The van der Waals surface area contributed by atoms with Gasteiger partial charge in [0, 0.05) is 18.6 Å². The van der Waals surface area contributed by atoms with Gasteiger partial charge in [0.05, 0.1) is 11.8 Å². The summed E-state index contributed by atoms with van der Waals surface area (Å²) in [6.45, 7) is 3.85. The van der Waals surface area contributed by atoms with E-state index in [-0.39, 0.29) is 11.3 Å². The van der Waals surface area contributed by atoms with Crippen LogP contribution in [-0.2, 0) is 6.42 Å². The quantitative estimate of drug-likeness (QED) is 0.792. The van der Waals surface area contributed by atoms with Crippen molar-refractivity contribution in [1.29, 1.82) is 0 Å². The number of halogens is 3. The predicted octanol–water partition coefficient (Wildman–Crippen LogP) is 3.69. The van der Waals surface area contributed by atoms with Crippen molar-refractivity contribution >= 4 is 0 Å². The zero-order valence-electron chi connectivity index (χ0n) is 11.8. The lowest BCUT2D eigenvalue weighted by Crippen LogP contribution is -2.16. The summed E-state index contributed by atoms with van der Waals surface area (Å²) in [5.41, 5.74) is -0.390. The fourth-order valence-electron chi connectivity index (χ4n) is 1.99. The smallest absolute Gasteiger partial charge is 0.194 e. The van der Waals surface area contributed by atoms with E-state index in [4.69, 9.17) is 4.42 Å². The third-order valence-electron chi connectivity index (χ3n) is 2.98. The van der Waals surface area contributed by atoms with Gasteiger partial charge in [-0.05, 0) is 25.9 Å². The summed E-state index contributed by atoms with van der Waals surface area (Å²) in [6.07, 6.45) is 3.70. The van der Waals surface area contributed by atoms with Gasteiger partial charge in [-0.25, -0.2) is 18.2 Å². The van der Waals surface area contributed by atoms with Crippen LogP contribution in [0.1, 0.15) is 25.7 Å². The van der Waals surface area contributed by atoms with Gasteiger partial charge in [-0.15, -0.1) is 0 Å². The molecule has 0 spiro atoms. The highest BCUT2D eigenvalue weighted by molar-refractivity contribution is 5.58. The topological polar surface area (TPSA) is 38.1 Å². The summed E-state index contributed by atoms with van der Waals surface area (Å²) in [7, 11) is 0. The summed E-state index contributed by atoms with van der Waals surface area (Å²) in [6, 6.07) is 1.24. The average Bonchev–Trinajstić information content (AvgIpc) is 2.86. The number of nitrogens with one attached hydrogen (secondary N) is 1. The van der Waals surface area contributed by atoms with Crippen LogP contribution in [0.15, 0.2) is 22.7 Å². The molecule has 1 aromatic carbocycles. The van der Waals surface area contributed by atoms with Crippen LogP contribution in [-0.4, -0.2) is 18.1 Å². The Bertz CT molecular complexity index is 575. The monoisotopic (exact) mass is 298 g/mol. The van der Waals surface area contributed by atoms with E-state index in [0.717, 1.165) is 25.9 Å². The molecule has 1 heterocycles. The van der Waals surface area contributed by atoms with Crippen molar-refractivity contribution in [2.24, 2.45) is 0 Å². The van der Waals surface area contributed by atoms with Gasteiger partial charge in [0.25, 0.3) is 0 Å². The number of benzene rings is 1. The Hall–Kier alpha value is -1.82. The number of aryl methyl sites for hydroxylation is 1. The first-order valence-corrected chi connectivity index (χ1v) is 6.92. The Morgan fingerprint density at radius 2 is 1.86 bits per heavy atom. The van der Waals surface area contributed by atoms with Gasteiger partial charge in [0.2, 0.25) is 0 Å². The molecular weight excluding hydrogens is 281 g/mol. The number of hydrogen-bond acceptors (Lipinski definition) is 3. The molecule has 0 radical (unpaired) electrons. The first kappa shape index (κ1) is 15.6. The molecule has 114 valence electrons. The SMILES string of the molecule is CCCNCCCc1ncc(-c2c(F)cc(F)cc2F)o1. The standard InChI is InChI=1S/C15H17F3N2O/c1-2-5-19-6-3-4-14-20-9-13(21-14)15-11(17)7-10(16)8-12(15)18/h7-9,19H,2-6H2,1H3. The second-order valence-electron chi connectivity index (χ2n) is 4.72. The molecule has 1 N–H and O–H groups in total. The lowest BCUT2D eigenvalue weighted by Gasteiger charge is -2.02. The number of hydrogen-bond donors (Lipinski definition) is 1. The zero-order valence-corrected chi connectivity index (χ0v) is 11.8. The Labute approximate surface area is 121 Å². The Kier molecular flexibility index (Phi) is 5.38. The van der Waals surface area contributed by atoms with E-state index in [2.05, 4.69) is 17.2 Å². The molecule has 0 aliphatic carbocycles. The predicted molar refractivity (Wildman–Crippen MR) is 73.3 cm³/mol. The maximum Gasteiger partial charge on any atom is 0.194 e. The highest BCUT2D eigenvalue weighted by Crippen LogP contribution is 2.27. The van der Waals surface area contributed by atoms with Crippen LogP contribution in [0, 0.1) is 17.5 Å². The van der Waals surface area contributed by atoms with E-state index in [1.807, 2.05) is 0 Å². The van der Waals surface area contributed by atoms with Crippen molar-refractivity contribution in [2.75, 3.05) is 13.1 Å². The summed E-state index contributed by atoms with van der Waals surface area (Å²) in [4.78, 5) is 3.99. The average molecular weight is 298 g/mol. The van der Waals surface area contributed by atoms with E-state index in [0.29, 0.717) is 24.4 Å². The Balaban J connectivity index is 2.03. The number of rotatable bonds is 7. The van der Waals surface area contributed by atoms with E-state index < -0.39 is 17.5 Å². The van der Waals surface area contributed by atoms with Crippen LogP contribution in [0.25, 0.3) is 11.3 Å². The van der Waals surface area contributed by atoms with Crippen molar-refractivity contribution in [2.45, 2.75) is 26.2 Å². The fraction of sp³-hybridized carbons (Fsp3) is 0.400. The maximum atomic E-state index is 13.6. The van der Waals surface area contributed by atoms with E-state index in [1.54, 1.807) is 0 Å².